The number of methoxy groups -OCH3 is 1. The number of rotatable bonds is 5. The molecule has 1 aromatic carbocycles. The number of carboxylic acid groups (broad SMARTS) is 1. The van der Waals surface area contributed by atoms with Crippen LogP contribution in [-0.4, -0.2) is 23.2 Å². The smallest absolute Gasteiger partial charge is 0.339 e. The topological polar surface area (TPSA) is 68.7 Å². The summed E-state index contributed by atoms with van der Waals surface area (Å²) in [7, 11) is 1.59. The van der Waals surface area contributed by atoms with Crippen LogP contribution >= 0.6 is 15.9 Å². The maximum Gasteiger partial charge on any atom is 0.339 e. The summed E-state index contributed by atoms with van der Waals surface area (Å²) in [6, 6.07) is 6.92. The zero-order valence-corrected chi connectivity index (χ0v) is 12.3. The van der Waals surface area contributed by atoms with Crippen LogP contribution in [0.1, 0.15) is 15.9 Å². The summed E-state index contributed by atoms with van der Waals surface area (Å²) in [5.41, 5.74) is 0.977. The van der Waals surface area contributed by atoms with Crippen LogP contribution in [0.25, 0.3) is 0 Å². The third kappa shape index (κ3) is 3.27. The van der Waals surface area contributed by atoms with Crippen molar-refractivity contribution in [2.45, 2.75) is 6.61 Å². The van der Waals surface area contributed by atoms with Gasteiger partial charge in [-0.25, -0.2) is 4.79 Å². The van der Waals surface area contributed by atoms with Gasteiger partial charge in [0.05, 0.1) is 17.8 Å². The second kappa shape index (κ2) is 6.38. The van der Waals surface area contributed by atoms with Gasteiger partial charge in [-0.05, 0) is 39.7 Å². The van der Waals surface area contributed by atoms with E-state index in [-0.39, 0.29) is 17.9 Å². The first-order valence-corrected chi connectivity index (χ1v) is 6.53. The molecule has 1 aromatic heterocycles. The van der Waals surface area contributed by atoms with Crippen molar-refractivity contribution < 1.29 is 19.4 Å². The summed E-state index contributed by atoms with van der Waals surface area (Å²) in [6.45, 7) is 0.245. The molecule has 2 aromatic rings. The van der Waals surface area contributed by atoms with E-state index in [1.807, 2.05) is 18.2 Å². The predicted molar refractivity (Wildman–Crippen MR) is 76.2 cm³/mol. The monoisotopic (exact) mass is 337 g/mol. The van der Waals surface area contributed by atoms with E-state index >= 15 is 0 Å². The molecule has 0 amide bonds. The molecule has 0 atom stereocenters. The number of halogens is 1. The van der Waals surface area contributed by atoms with Gasteiger partial charge in [0.15, 0.2) is 5.75 Å². The van der Waals surface area contributed by atoms with Gasteiger partial charge < -0.3 is 14.6 Å². The van der Waals surface area contributed by atoms with Crippen LogP contribution in [-0.2, 0) is 6.61 Å². The standard InChI is InChI=1S/C14H12BrNO4/c1-19-12-3-2-9(6-11(12)15)8-20-13-7-16-5-4-10(13)14(17)18/h2-7H,8H2,1H3,(H,17,18). The van der Waals surface area contributed by atoms with Crippen molar-refractivity contribution in [2.75, 3.05) is 7.11 Å². The fourth-order valence-electron chi connectivity index (χ4n) is 1.63. The lowest BCUT2D eigenvalue weighted by molar-refractivity contribution is 0.0691. The Labute approximate surface area is 124 Å². The number of hydrogen-bond acceptors (Lipinski definition) is 4. The molecule has 0 saturated carbocycles. The Morgan fingerprint density at radius 3 is 2.80 bits per heavy atom. The maximum absolute atomic E-state index is 11.0. The predicted octanol–water partition coefficient (Wildman–Crippen LogP) is 3.13. The average molecular weight is 338 g/mol. The molecule has 0 saturated heterocycles. The highest BCUT2D eigenvalue weighted by molar-refractivity contribution is 9.10. The molecule has 0 aliphatic rings. The zero-order chi connectivity index (χ0) is 14.5. The molecule has 0 aliphatic heterocycles. The van der Waals surface area contributed by atoms with Crippen molar-refractivity contribution in [3.05, 3.63) is 52.3 Å². The van der Waals surface area contributed by atoms with E-state index in [1.54, 1.807) is 7.11 Å². The van der Waals surface area contributed by atoms with Gasteiger partial charge in [-0.1, -0.05) is 6.07 Å². The molecule has 20 heavy (non-hydrogen) atoms. The van der Waals surface area contributed by atoms with Crippen molar-refractivity contribution in [1.82, 2.24) is 4.98 Å². The summed E-state index contributed by atoms with van der Waals surface area (Å²) < 4.78 is 11.5. The molecule has 0 radical (unpaired) electrons. The van der Waals surface area contributed by atoms with Crippen LogP contribution in [0.3, 0.4) is 0 Å². The van der Waals surface area contributed by atoms with Gasteiger partial charge in [-0.15, -0.1) is 0 Å². The Balaban J connectivity index is 2.13. The number of aromatic carboxylic acids is 1. The number of hydrogen-bond donors (Lipinski definition) is 1. The number of carbonyl (C=O) groups is 1. The normalized spacial score (nSPS) is 10.1. The van der Waals surface area contributed by atoms with Gasteiger partial charge >= 0.3 is 5.97 Å². The van der Waals surface area contributed by atoms with E-state index in [9.17, 15) is 4.79 Å². The molecule has 1 N–H and O–H groups in total. The van der Waals surface area contributed by atoms with E-state index < -0.39 is 5.97 Å². The highest BCUT2D eigenvalue weighted by Crippen LogP contribution is 2.26. The molecule has 0 unspecified atom stereocenters. The summed E-state index contributed by atoms with van der Waals surface area (Å²) in [5, 5.41) is 9.04. The van der Waals surface area contributed by atoms with E-state index in [0.29, 0.717) is 0 Å². The molecule has 2 rings (SSSR count). The van der Waals surface area contributed by atoms with E-state index in [0.717, 1.165) is 15.8 Å². The minimum Gasteiger partial charge on any atom is -0.496 e. The fraction of sp³-hybridized carbons (Fsp3) is 0.143. The number of benzene rings is 1. The minimum atomic E-state index is -1.04. The van der Waals surface area contributed by atoms with Crippen molar-refractivity contribution in [2.24, 2.45) is 0 Å². The average Bonchev–Trinajstić information content (AvgIpc) is 2.45. The van der Waals surface area contributed by atoms with Crippen molar-refractivity contribution in [3.8, 4) is 11.5 Å². The lowest BCUT2D eigenvalue weighted by Crippen LogP contribution is -2.04. The SMILES string of the molecule is COc1ccc(COc2cnccc2C(=O)O)cc1Br. The Morgan fingerprint density at radius 2 is 2.15 bits per heavy atom. The molecular formula is C14H12BrNO4. The molecule has 0 fully saturated rings. The van der Waals surface area contributed by atoms with Crippen LogP contribution in [0.15, 0.2) is 41.1 Å². The summed E-state index contributed by atoms with van der Waals surface area (Å²) in [5.74, 6) is -0.0772. The molecule has 0 aliphatic carbocycles. The van der Waals surface area contributed by atoms with Crippen molar-refractivity contribution in [1.29, 1.82) is 0 Å². The molecule has 1 heterocycles. The highest BCUT2D eigenvalue weighted by atomic mass is 79.9. The van der Waals surface area contributed by atoms with Gasteiger partial charge in [0.2, 0.25) is 0 Å². The second-order valence-electron chi connectivity index (χ2n) is 3.93. The Bertz CT molecular complexity index is 630. The first-order chi connectivity index (χ1) is 9.61. The van der Waals surface area contributed by atoms with E-state index in [2.05, 4.69) is 20.9 Å². The van der Waals surface area contributed by atoms with E-state index in [1.165, 1.54) is 18.5 Å². The van der Waals surface area contributed by atoms with Crippen LogP contribution in [0.2, 0.25) is 0 Å². The summed E-state index contributed by atoms with van der Waals surface area (Å²) in [6.07, 6.45) is 2.81. The quantitative estimate of drug-likeness (QED) is 0.907. The minimum absolute atomic E-state index is 0.0903. The number of nitrogens with zero attached hydrogens (tertiary/aromatic N) is 1. The van der Waals surface area contributed by atoms with Crippen molar-refractivity contribution in [3.63, 3.8) is 0 Å². The molecule has 0 bridgehead atoms. The zero-order valence-electron chi connectivity index (χ0n) is 10.7. The van der Waals surface area contributed by atoms with Gasteiger partial charge in [0.25, 0.3) is 0 Å². The van der Waals surface area contributed by atoms with Gasteiger partial charge in [0, 0.05) is 6.20 Å². The van der Waals surface area contributed by atoms with Gasteiger partial charge in [-0.3, -0.25) is 4.98 Å². The molecular weight excluding hydrogens is 326 g/mol. The molecule has 5 nitrogen and oxygen atoms in total. The number of ether oxygens (including phenoxy) is 2. The first kappa shape index (κ1) is 14.3. The number of pyridine rings is 1. The second-order valence-corrected chi connectivity index (χ2v) is 4.79. The third-order valence-corrected chi connectivity index (χ3v) is 3.25. The molecule has 6 heteroatoms. The van der Waals surface area contributed by atoms with Crippen molar-refractivity contribution >= 4 is 21.9 Å². The van der Waals surface area contributed by atoms with Gasteiger partial charge in [-0.2, -0.15) is 0 Å². The number of carboxylic acids is 1. The Hall–Kier alpha value is -2.08. The number of aromatic nitrogens is 1. The Kier molecular flexibility index (Phi) is 4.57. The Morgan fingerprint density at radius 1 is 1.35 bits per heavy atom. The lowest BCUT2D eigenvalue weighted by atomic mass is 10.2. The summed E-state index contributed by atoms with van der Waals surface area (Å²) >= 11 is 3.38. The first-order valence-electron chi connectivity index (χ1n) is 5.74. The van der Waals surface area contributed by atoms with Crippen LogP contribution in [0.4, 0.5) is 0 Å². The molecule has 104 valence electrons. The maximum atomic E-state index is 11.0. The molecule has 0 spiro atoms. The van der Waals surface area contributed by atoms with Crippen LogP contribution < -0.4 is 9.47 Å². The lowest BCUT2D eigenvalue weighted by Gasteiger charge is -2.10. The van der Waals surface area contributed by atoms with E-state index in [4.69, 9.17) is 14.6 Å². The third-order valence-electron chi connectivity index (χ3n) is 2.63. The fourth-order valence-corrected chi connectivity index (χ4v) is 2.22. The van der Waals surface area contributed by atoms with Gasteiger partial charge in [0.1, 0.15) is 17.9 Å². The summed E-state index contributed by atoms with van der Waals surface area (Å²) in [4.78, 5) is 14.9. The van der Waals surface area contributed by atoms with Crippen LogP contribution in [0.5, 0.6) is 11.5 Å². The van der Waals surface area contributed by atoms with Crippen LogP contribution in [0, 0.1) is 0 Å². The highest BCUT2D eigenvalue weighted by Gasteiger charge is 2.11. The largest absolute Gasteiger partial charge is 0.496 e.